The molecular weight excluding hydrogens is 132 g/mol. The molecule has 0 aliphatic rings. The summed E-state index contributed by atoms with van der Waals surface area (Å²) in [4.78, 5) is 10.8. The summed E-state index contributed by atoms with van der Waals surface area (Å²) in [6, 6.07) is 0. The van der Waals surface area contributed by atoms with E-state index in [1.54, 1.807) is 0 Å². The average molecular weight is 145 g/mol. The molecule has 0 bridgehead atoms. The standard InChI is InChI=1S/C7H13O3/c1-3-6(4-2)7(9)10-5-8/h6H,3-5H2,1-2H3. The van der Waals surface area contributed by atoms with Gasteiger partial charge in [0.25, 0.3) is 0 Å². The van der Waals surface area contributed by atoms with Gasteiger partial charge < -0.3 is 4.74 Å². The highest BCUT2D eigenvalue weighted by Gasteiger charge is 2.14. The predicted molar refractivity (Wildman–Crippen MR) is 35.7 cm³/mol. The van der Waals surface area contributed by atoms with Gasteiger partial charge in [0.2, 0.25) is 6.79 Å². The minimum absolute atomic E-state index is 0.0889. The van der Waals surface area contributed by atoms with Gasteiger partial charge in [0.05, 0.1) is 5.92 Å². The number of carbonyl (C=O) groups excluding carboxylic acids is 1. The maximum Gasteiger partial charge on any atom is 0.311 e. The highest BCUT2D eigenvalue weighted by atomic mass is 16.6. The smallest absolute Gasteiger partial charge is 0.311 e. The third kappa shape index (κ3) is 2.82. The third-order valence-corrected chi connectivity index (χ3v) is 1.52. The molecule has 0 aromatic rings. The summed E-state index contributed by atoms with van der Waals surface area (Å²) in [6.45, 7) is 3.05. The van der Waals surface area contributed by atoms with Gasteiger partial charge in [0.1, 0.15) is 0 Å². The van der Waals surface area contributed by atoms with Crippen molar-refractivity contribution in [3.05, 3.63) is 0 Å². The largest absolute Gasteiger partial charge is 0.435 e. The number of esters is 1. The highest BCUT2D eigenvalue weighted by Crippen LogP contribution is 2.08. The van der Waals surface area contributed by atoms with E-state index >= 15 is 0 Å². The van der Waals surface area contributed by atoms with Gasteiger partial charge in [-0.1, -0.05) is 13.8 Å². The number of carbonyl (C=O) groups is 1. The molecule has 3 nitrogen and oxygen atoms in total. The van der Waals surface area contributed by atoms with Crippen LogP contribution < -0.4 is 0 Å². The minimum Gasteiger partial charge on any atom is -0.435 e. The maximum absolute atomic E-state index is 10.8. The van der Waals surface area contributed by atoms with Crippen molar-refractivity contribution in [1.82, 2.24) is 0 Å². The summed E-state index contributed by atoms with van der Waals surface area (Å²) in [7, 11) is 0. The third-order valence-electron chi connectivity index (χ3n) is 1.52. The fourth-order valence-electron chi connectivity index (χ4n) is 0.798. The molecule has 1 radical (unpaired) electrons. The summed E-state index contributed by atoms with van der Waals surface area (Å²) in [6.07, 6.45) is 1.49. The summed E-state index contributed by atoms with van der Waals surface area (Å²) in [5, 5.41) is 9.83. The first-order valence-electron chi connectivity index (χ1n) is 3.50. The number of hydrogen-bond donors (Lipinski definition) is 0. The lowest BCUT2D eigenvalue weighted by Crippen LogP contribution is -2.16. The lowest BCUT2D eigenvalue weighted by molar-refractivity contribution is -0.161. The van der Waals surface area contributed by atoms with Crippen LogP contribution >= 0.6 is 0 Å². The Labute approximate surface area is 61.0 Å². The van der Waals surface area contributed by atoms with Crippen LogP contribution in [0.5, 0.6) is 0 Å². The SMILES string of the molecule is CCC(CC)C(=O)OC[O]. The van der Waals surface area contributed by atoms with Gasteiger partial charge in [-0.15, -0.1) is 0 Å². The zero-order valence-corrected chi connectivity index (χ0v) is 6.42. The number of rotatable bonds is 4. The first-order valence-corrected chi connectivity index (χ1v) is 3.50. The lowest BCUT2D eigenvalue weighted by atomic mass is 10.0. The van der Waals surface area contributed by atoms with E-state index in [2.05, 4.69) is 4.74 Å². The van der Waals surface area contributed by atoms with E-state index in [0.717, 1.165) is 12.8 Å². The molecule has 10 heavy (non-hydrogen) atoms. The Hall–Kier alpha value is -0.570. The van der Waals surface area contributed by atoms with Crippen LogP contribution in [0.4, 0.5) is 0 Å². The molecule has 0 aliphatic heterocycles. The van der Waals surface area contributed by atoms with Crippen LogP contribution in [0, 0.1) is 5.92 Å². The normalized spacial score (nSPS) is 10.0. The van der Waals surface area contributed by atoms with E-state index in [1.807, 2.05) is 13.8 Å². The highest BCUT2D eigenvalue weighted by molar-refractivity contribution is 5.72. The predicted octanol–water partition coefficient (Wildman–Crippen LogP) is 1.35. The molecule has 0 amide bonds. The summed E-state index contributed by atoms with van der Waals surface area (Å²) >= 11 is 0. The Kier molecular flexibility index (Phi) is 4.94. The Bertz CT molecular complexity index is 97.0. The minimum atomic E-state index is -0.755. The van der Waals surface area contributed by atoms with Crippen molar-refractivity contribution in [2.24, 2.45) is 5.92 Å². The van der Waals surface area contributed by atoms with Gasteiger partial charge >= 0.3 is 5.97 Å². The zero-order chi connectivity index (χ0) is 7.98. The molecule has 0 aromatic carbocycles. The van der Waals surface area contributed by atoms with Crippen molar-refractivity contribution >= 4 is 5.97 Å². The van der Waals surface area contributed by atoms with Crippen LogP contribution in [-0.2, 0) is 14.6 Å². The Balaban J connectivity index is 3.65. The van der Waals surface area contributed by atoms with Crippen molar-refractivity contribution in [2.45, 2.75) is 26.7 Å². The Morgan fingerprint density at radius 2 is 1.90 bits per heavy atom. The molecule has 0 aromatic heterocycles. The number of hydrogen-bond acceptors (Lipinski definition) is 2. The quantitative estimate of drug-likeness (QED) is 0.443. The lowest BCUT2D eigenvalue weighted by Gasteiger charge is -2.08. The second kappa shape index (κ2) is 5.23. The molecular formula is C7H13O3. The van der Waals surface area contributed by atoms with Gasteiger partial charge in [0.15, 0.2) is 0 Å². The molecule has 3 heteroatoms. The van der Waals surface area contributed by atoms with E-state index < -0.39 is 6.79 Å². The van der Waals surface area contributed by atoms with Crippen LogP contribution in [0.25, 0.3) is 0 Å². The van der Waals surface area contributed by atoms with Gasteiger partial charge in [-0.2, -0.15) is 5.11 Å². The van der Waals surface area contributed by atoms with Crippen LogP contribution in [0.2, 0.25) is 0 Å². The average Bonchev–Trinajstić information content (AvgIpc) is 1.91. The molecule has 0 N–H and O–H groups in total. The first-order chi connectivity index (χ1) is 4.76. The van der Waals surface area contributed by atoms with E-state index in [9.17, 15) is 9.90 Å². The Morgan fingerprint density at radius 3 is 2.20 bits per heavy atom. The maximum atomic E-state index is 10.8. The van der Waals surface area contributed by atoms with Crippen LogP contribution in [-0.4, -0.2) is 12.8 Å². The molecule has 0 aliphatic carbocycles. The van der Waals surface area contributed by atoms with Crippen molar-refractivity contribution in [3.8, 4) is 0 Å². The molecule has 0 saturated heterocycles. The van der Waals surface area contributed by atoms with Gasteiger partial charge in [0, 0.05) is 0 Å². The Morgan fingerprint density at radius 1 is 1.40 bits per heavy atom. The zero-order valence-electron chi connectivity index (χ0n) is 6.42. The second-order valence-corrected chi connectivity index (χ2v) is 2.09. The second-order valence-electron chi connectivity index (χ2n) is 2.09. The van der Waals surface area contributed by atoms with Crippen LogP contribution in [0.1, 0.15) is 26.7 Å². The molecule has 0 fully saturated rings. The molecule has 0 spiro atoms. The fraction of sp³-hybridized carbons (Fsp3) is 0.857. The van der Waals surface area contributed by atoms with Gasteiger partial charge in [-0.25, -0.2) is 0 Å². The van der Waals surface area contributed by atoms with Crippen LogP contribution in [0.15, 0.2) is 0 Å². The molecule has 59 valence electrons. The van der Waals surface area contributed by atoms with Gasteiger partial charge in [-0.05, 0) is 12.8 Å². The number of ether oxygens (including phenoxy) is 1. The van der Waals surface area contributed by atoms with Crippen LogP contribution in [0.3, 0.4) is 0 Å². The van der Waals surface area contributed by atoms with Crippen molar-refractivity contribution < 1.29 is 14.6 Å². The van der Waals surface area contributed by atoms with Crippen molar-refractivity contribution in [3.63, 3.8) is 0 Å². The molecule has 0 unspecified atom stereocenters. The fourth-order valence-corrected chi connectivity index (χ4v) is 0.798. The van der Waals surface area contributed by atoms with Crippen molar-refractivity contribution in [2.75, 3.05) is 6.79 Å². The molecule has 0 rings (SSSR count). The van der Waals surface area contributed by atoms with Gasteiger partial charge in [-0.3, -0.25) is 4.79 Å². The van der Waals surface area contributed by atoms with E-state index in [-0.39, 0.29) is 11.9 Å². The van der Waals surface area contributed by atoms with Crippen molar-refractivity contribution in [1.29, 1.82) is 0 Å². The van der Waals surface area contributed by atoms with E-state index in [4.69, 9.17) is 0 Å². The first kappa shape index (κ1) is 9.43. The summed E-state index contributed by atoms with van der Waals surface area (Å²) < 4.78 is 4.29. The summed E-state index contributed by atoms with van der Waals surface area (Å²) in [5.41, 5.74) is 0. The molecule has 0 atom stereocenters. The van der Waals surface area contributed by atoms with E-state index in [1.165, 1.54) is 0 Å². The summed E-state index contributed by atoms with van der Waals surface area (Å²) in [5.74, 6) is -0.450. The van der Waals surface area contributed by atoms with E-state index in [0.29, 0.717) is 0 Å². The monoisotopic (exact) mass is 145 g/mol. The topological polar surface area (TPSA) is 46.2 Å². The molecule has 0 saturated carbocycles. The molecule has 0 heterocycles.